The molecule has 2 rings (SSSR count). The Hall–Kier alpha value is -1.20. The van der Waals surface area contributed by atoms with Crippen molar-refractivity contribution in [3.8, 4) is 0 Å². The van der Waals surface area contributed by atoms with E-state index in [0.717, 1.165) is 30.4 Å². The molecule has 2 atom stereocenters. The van der Waals surface area contributed by atoms with E-state index >= 15 is 0 Å². The first-order valence-corrected chi connectivity index (χ1v) is 8.51. The molecule has 2 heterocycles. The van der Waals surface area contributed by atoms with Gasteiger partial charge in [0.2, 0.25) is 0 Å². The summed E-state index contributed by atoms with van der Waals surface area (Å²) in [6, 6.07) is 2.59. The predicted octanol–water partition coefficient (Wildman–Crippen LogP) is 2.70. The third-order valence-electron chi connectivity index (χ3n) is 4.65. The van der Waals surface area contributed by atoms with E-state index < -0.39 is 0 Å². The highest BCUT2D eigenvalue weighted by molar-refractivity contribution is 5.41. The summed E-state index contributed by atoms with van der Waals surface area (Å²) in [4.78, 5) is 14.3. The number of rotatable bonds is 4. The smallest absolute Gasteiger partial charge is 0.136 e. The number of ether oxygens (including phenoxy) is 1. The zero-order chi connectivity index (χ0) is 17.2. The van der Waals surface area contributed by atoms with Gasteiger partial charge >= 0.3 is 0 Å². The van der Waals surface area contributed by atoms with Crippen LogP contribution in [-0.2, 0) is 16.8 Å². The second-order valence-corrected chi connectivity index (χ2v) is 7.93. The molecule has 2 unspecified atom stereocenters. The molecule has 5 nitrogen and oxygen atoms in total. The lowest BCUT2D eigenvalue weighted by Gasteiger charge is -2.40. The molecule has 1 aliphatic rings. The first kappa shape index (κ1) is 18.1. The van der Waals surface area contributed by atoms with Crippen molar-refractivity contribution in [1.82, 2.24) is 14.9 Å². The van der Waals surface area contributed by atoms with Crippen LogP contribution in [0.1, 0.15) is 45.6 Å². The van der Waals surface area contributed by atoms with Crippen LogP contribution in [0.4, 0.5) is 5.82 Å². The fraction of sp³-hybridized carbons (Fsp3) is 0.778. The minimum Gasteiger partial charge on any atom is -0.378 e. The maximum Gasteiger partial charge on any atom is 0.136 e. The van der Waals surface area contributed by atoms with Crippen molar-refractivity contribution >= 4 is 5.82 Å². The molecular formula is C18H32N4O. The van der Waals surface area contributed by atoms with Crippen molar-refractivity contribution in [3.63, 3.8) is 0 Å². The van der Waals surface area contributed by atoms with Gasteiger partial charge in [0.15, 0.2) is 0 Å². The fourth-order valence-corrected chi connectivity index (χ4v) is 3.31. The Morgan fingerprint density at radius 3 is 2.61 bits per heavy atom. The summed E-state index contributed by atoms with van der Waals surface area (Å²) in [5.41, 5.74) is 0.882. The monoisotopic (exact) mass is 320 g/mol. The Bertz CT molecular complexity index is 526. The second-order valence-electron chi connectivity index (χ2n) is 7.93. The largest absolute Gasteiger partial charge is 0.378 e. The van der Waals surface area contributed by atoms with Crippen LogP contribution < -0.4 is 4.90 Å². The lowest BCUT2D eigenvalue weighted by atomic mass is 9.92. The Morgan fingerprint density at radius 1 is 1.35 bits per heavy atom. The van der Waals surface area contributed by atoms with E-state index in [1.54, 1.807) is 7.11 Å². The van der Waals surface area contributed by atoms with Crippen LogP contribution in [0.2, 0.25) is 0 Å². The average Bonchev–Trinajstić information content (AvgIpc) is 2.46. The van der Waals surface area contributed by atoms with Gasteiger partial charge < -0.3 is 14.5 Å². The summed E-state index contributed by atoms with van der Waals surface area (Å²) in [6.45, 7) is 11.6. The van der Waals surface area contributed by atoms with Gasteiger partial charge in [0.1, 0.15) is 11.6 Å². The topological polar surface area (TPSA) is 41.5 Å². The molecule has 0 radical (unpaired) electrons. The van der Waals surface area contributed by atoms with E-state index in [9.17, 15) is 0 Å². The predicted molar refractivity (Wildman–Crippen MR) is 94.9 cm³/mol. The minimum atomic E-state index is -0.0717. The molecule has 130 valence electrons. The van der Waals surface area contributed by atoms with Gasteiger partial charge in [0.25, 0.3) is 0 Å². The van der Waals surface area contributed by atoms with Crippen LogP contribution in [-0.4, -0.2) is 55.2 Å². The number of hydrogen-bond donors (Lipinski definition) is 0. The molecule has 1 aromatic heterocycles. The molecule has 1 aliphatic heterocycles. The lowest BCUT2D eigenvalue weighted by Crippen LogP contribution is -2.48. The number of likely N-dealkylation sites (tertiary alicyclic amines) is 1. The number of nitrogens with zero attached hydrogens (tertiary/aromatic N) is 4. The standard InChI is InChI=1S/C18H32N4O/c1-13-11-21(5)9-8-15(13)22(6)16-10-14(12-23-7)19-17(20-16)18(2,3)4/h10,13,15H,8-9,11-12H2,1-7H3. The Balaban J connectivity index is 2.31. The molecular weight excluding hydrogens is 288 g/mol. The first-order valence-electron chi connectivity index (χ1n) is 8.51. The normalized spacial score (nSPS) is 23.1. The third-order valence-corrected chi connectivity index (χ3v) is 4.65. The van der Waals surface area contributed by atoms with Crippen molar-refractivity contribution in [2.45, 2.75) is 52.2 Å². The lowest BCUT2D eigenvalue weighted by molar-refractivity contribution is 0.180. The molecule has 0 saturated carbocycles. The first-order chi connectivity index (χ1) is 10.7. The van der Waals surface area contributed by atoms with E-state index in [2.05, 4.69) is 62.6 Å². The summed E-state index contributed by atoms with van der Waals surface area (Å²) in [6.07, 6.45) is 1.17. The van der Waals surface area contributed by atoms with Crippen molar-refractivity contribution in [3.05, 3.63) is 17.6 Å². The van der Waals surface area contributed by atoms with Crippen LogP contribution in [0.15, 0.2) is 6.07 Å². The molecule has 1 aromatic rings. The van der Waals surface area contributed by atoms with Crippen LogP contribution in [0.3, 0.4) is 0 Å². The van der Waals surface area contributed by atoms with Gasteiger partial charge in [-0.05, 0) is 25.9 Å². The number of piperidine rings is 1. The summed E-state index contributed by atoms with van der Waals surface area (Å²) < 4.78 is 5.30. The molecule has 0 aromatic carbocycles. The molecule has 5 heteroatoms. The summed E-state index contributed by atoms with van der Waals surface area (Å²) in [7, 11) is 6.07. The van der Waals surface area contributed by atoms with Crippen molar-refractivity contribution in [2.75, 3.05) is 39.2 Å². The molecule has 0 N–H and O–H groups in total. The molecule has 1 saturated heterocycles. The summed E-state index contributed by atoms with van der Waals surface area (Å²) >= 11 is 0. The van der Waals surface area contributed by atoms with Crippen molar-refractivity contribution in [2.24, 2.45) is 5.92 Å². The molecule has 23 heavy (non-hydrogen) atoms. The quantitative estimate of drug-likeness (QED) is 0.853. The maximum atomic E-state index is 5.30. The number of aromatic nitrogens is 2. The molecule has 1 fully saturated rings. The average molecular weight is 320 g/mol. The Morgan fingerprint density at radius 2 is 2.04 bits per heavy atom. The van der Waals surface area contributed by atoms with Gasteiger partial charge in [-0.1, -0.05) is 27.7 Å². The second kappa shape index (κ2) is 7.14. The van der Waals surface area contributed by atoms with E-state index in [0.29, 0.717) is 18.6 Å². The molecule has 0 aliphatic carbocycles. The SMILES string of the molecule is COCc1cc(N(C)C2CCN(C)CC2C)nc(C(C)(C)C)n1. The number of hydrogen-bond acceptors (Lipinski definition) is 5. The highest BCUT2D eigenvalue weighted by Crippen LogP contribution is 2.27. The third kappa shape index (κ3) is 4.42. The highest BCUT2D eigenvalue weighted by Gasteiger charge is 2.29. The molecule has 0 spiro atoms. The van der Waals surface area contributed by atoms with Gasteiger partial charge in [-0.25, -0.2) is 9.97 Å². The Labute approximate surface area is 141 Å². The van der Waals surface area contributed by atoms with E-state index in [-0.39, 0.29) is 5.41 Å². The number of methoxy groups -OCH3 is 1. The molecule has 0 amide bonds. The van der Waals surface area contributed by atoms with E-state index in [1.165, 1.54) is 6.42 Å². The van der Waals surface area contributed by atoms with Crippen LogP contribution in [0.25, 0.3) is 0 Å². The summed E-state index contributed by atoms with van der Waals surface area (Å²) in [5.74, 6) is 2.52. The van der Waals surface area contributed by atoms with Gasteiger partial charge in [-0.15, -0.1) is 0 Å². The van der Waals surface area contributed by atoms with Crippen LogP contribution >= 0.6 is 0 Å². The van der Waals surface area contributed by atoms with Gasteiger partial charge in [-0.3, -0.25) is 0 Å². The highest BCUT2D eigenvalue weighted by atomic mass is 16.5. The van der Waals surface area contributed by atoms with Gasteiger partial charge in [0, 0.05) is 38.2 Å². The number of anilines is 1. The van der Waals surface area contributed by atoms with Crippen LogP contribution in [0, 0.1) is 5.92 Å². The van der Waals surface area contributed by atoms with Crippen molar-refractivity contribution < 1.29 is 4.74 Å². The summed E-state index contributed by atoms with van der Waals surface area (Å²) in [5, 5.41) is 0. The fourth-order valence-electron chi connectivity index (χ4n) is 3.31. The zero-order valence-electron chi connectivity index (χ0n) is 15.8. The minimum absolute atomic E-state index is 0.0717. The van der Waals surface area contributed by atoms with Crippen LogP contribution in [0.5, 0.6) is 0 Å². The van der Waals surface area contributed by atoms with Gasteiger partial charge in [-0.2, -0.15) is 0 Å². The van der Waals surface area contributed by atoms with E-state index in [1.807, 2.05) is 0 Å². The molecule has 0 bridgehead atoms. The maximum absolute atomic E-state index is 5.30. The zero-order valence-corrected chi connectivity index (χ0v) is 15.8. The van der Waals surface area contributed by atoms with Crippen molar-refractivity contribution in [1.29, 1.82) is 0 Å². The Kier molecular flexibility index (Phi) is 5.63. The van der Waals surface area contributed by atoms with Gasteiger partial charge in [0.05, 0.1) is 12.3 Å². The van der Waals surface area contributed by atoms with E-state index in [4.69, 9.17) is 9.72 Å².